The first-order valence-corrected chi connectivity index (χ1v) is 6.94. The van der Waals surface area contributed by atoms with Crippen molar-refractivity contribution in [3.05, 3.63) is 11.8 Å². The molecule has 0 amide bonds. The minimum Gasteiger partial charge on any atom is -0.468 e. The van der Waals surface area contributed by atoms with E-state index in [4.69, 9.17) is 0 Å². The van der Waals surface area contributed by atoms with E-state index in [0.717, 1.165) is 20.7 Å². The number of hydrogen-bond donors (Lipinski definition) is 0. The number of carbonyl (C=O) groups is 1. The lowest BCUT2D eigenvalue weighted by atomic mass is 10.4. The molecule has 18 heavy (non-hydrogen) atoms. The number of nitrogens with zero attached hydrogens (tertiary/aromatic N) is 4. The highest BCUT2D eigenvalue weighted by Crippen LogP contribution is 2.29. The number of aryl methyl sites for hydroxylation is 2. The van der Waals surface area contributed by atoms with Gasteiger partial charge in [-0.05, 0) is 13.0 Å². The molecule has 0 spiro atoms. The number of esters is 1. The maximum absolute atomic E-state index is 11.0. The molecular formula is C10H12N4O2S2. The Labute approximate surface area is 112 Å². The van der Waals surface area contributed by atoms with E-state index >= 15 is 0 Å². The SMILES string of the molecule is COC(=O)CSc1nnc(-c2cc(C)nn2C)s1. The van der Waals surface area contributed by atoms with Crippen molar-refractivity contribution < 1.29 is 9.53 Å². The Morgan fingerprint density at radius 1 is 1.56 bits per heavy atom. The Kier molecular flexibility index (Phi) is 3.97. The molecule has 0 saturated carbocycles. The van der Waals surface area contributed by atoms with Crippen LogP contribution < -0.4 is 0 Å². The number of aromatic nitrogens is 4. The van der Waals surface area contributed by atoms with Crippen LogP contribution in [0.2, 0.25) is 0 Å². The molecule has 0 fully saturated rings. The van der Waals surface area contributed by atoms with Gasteiger partial charge in [-0.2, -0.15) is 5.10 Å². The molecular weight excluding hydrogens is 272 g/mol. The average Bonchev–Trinajstić information content (AvgIpc) is 2.92. The summed E-state index contributed by atoms with van der Waals surface area (Å²) in [6.07, 6.45) is 0. The van der Waals surface area contributed by atoms with Gasteiger partial charge in [0.05, 0.1) is 24.3 Å². The van der Waals surface area contributed by atoms with E-state index in [9.17, 15) is 4.79 Å². The molecule has 0 radical (unpaired) electrons. The van der Waals surface area contributed by atoms with Gasteiger partial charge in [-0.1, -0.05) is 23.1 Å². The van der Waals surface area contributed by atoms with Crippen molar-refractivity contribution in [2.45, 2.75) is 11.3 Å². The molecule has 0 aromatic carbocycles. The molecule has 0 saturated heterocycles. The van der Waals surface area contributed by atoms with Gasteiger partial charge in [-0.15, -0.1) is 10.2 Å². The summed E-state index contributed by atoms with van der Waals surface area (Å²) in [4.78, 5) is 11.0. The van der Waals surface area contributed by atoms with Gasteiger partial charge in [0.25, 0.3) is 0 Å². The van der Waals surface area contributed by atoms with Crippen LogP contribution in [0, 0.1) is 6.92 Å². The minimum atomic E-state index is -0.270. The topological polar surface area (TPSA) is 69.9 Å². The normalized spacial score (nSPS) is 10.6. The van der Waals surface area contributed by atoms with Crippen LogP contribution in [0.4, 0.5) is 0 Å². The second kappa shape index (κ2) is 5.49. The third-order valence-electron chi connectivity index (χ3n) is 2.17. The molecule has 0 atom stereocenters. The van der Waals surface area contributed by atoms with Gasteiger partial charge in [0.1, 0.15) is 0 Å². The van der Waals surface area contributed by atoms with E-state index in [1.54, 1.807) is 4.68 Å². The second-order valence-corrected chi connectivity index (χ2v) is 5.73. The van der Waals surface area contributed by atoms with Crippen molar-refractivity contribution in [3.63, 3.8) is 0 Å². The van der Waals surface area contributed by atoms with Crippen molar-refractivity contribution in [1.29, 1.82) is 0 Å². The van der Waals surface area contributed by atoms with Crippen molar-refractivity contribution in [1.82, 2.24) is 20.0 Å². The largest absolute Gasteiger partial charge is 0.468 e. The Morgan fingerprint density at radius 3 is 2.94 bits per heavy atom. The number of hydrogen-bond acceptors (Lipinski definition) is 7. The summed E-state index contributed by atoms with van der Waals surface area (Å²) < 4.78 is 7.08. The Morgan fingerprint density at radius 2 is 2.33 bits per heavy atom. The highest BCUT2D eigenvalue weighted by molar-refractivity contribution is 8.01. The van der Waals surface area contributed by atoms with E-state index < -0.39 is 0 Å². The summed E-state index contributed by atoms with van der Waals surface area (Å²) in [5, 5.41) is 13.2. The molecule has 6 nitrogen and oxygen atoms in total. The van der Waals surface area contributed by atoms with Gasteiger partial charge in [0.2, 0.25) is 0 Å². The lowest BCUT2D eigenvalue weighted by molar-refractivity contribution is -0.137. The van der Waals surface area contributed by atoms with E-state index in [0.29, 0.717) is 0 Å². The first kappa shape index (κ1) is 13.0. The third kappa shape index (κ3) is 2.88. The Balaban J connectivity index is 2.11. The van der Waals surface area contributed by atoms with Gasteiger partial charge in [0.15, 0.2) is 9.35 Å². The number of ether oxygens (including phenoxy) is 1. The molecule has 0 aliphatic heterocycles. The fourth-order valence-corrected chi connectivity index (χ4v) is 3.09. The van der Waals surface area contributed by atoms with Crippen LogP contribution in [0.5, 0.6) is 0 Å². The fourth-order valence-electron chi connectivity index (χ4n) is 1.36. The van der Waals surface area contributed by atoms with Crippen molar-refractivity contribution in [2.75, 3.05) is 12.9 Å². The standard InChI is InChI=1S/C10H12N4O2S2/c1-6-4-7(14(2)13-6)9-11-12-10(18-9)17-5-8(15)16-3/h4H,5H2,1-3H3. The highest BCUT2D eigenvalue weighted by Gasteiger charge is 2.12. The molecule has 2 heterocycles. The van der Waals surface area contributed by atoms with Crippen molar-refractivity contribution in [2.24, 2.45) is 7.05 Å². The van der Waals surface area contributed by atoms with Crippen molar-refractivity contribution in [3.8, 4) is 10.7 Å². The van der Waals surface area contributed by atoms with Gasteiger partial charge < -0.3 is 4.74 Å². The lowest BCUT2D eigenvalue weighted by Gasteiger charge is -1.95. The van der Waals surface area contributed by atoms with Crippen LogP contribution in [0.25, 0.3) is 10.7 Å². The predicted molar refractivity (Wildman–Crippen MR) is 69.6 cm³/mol. The predicted octanol–water partition coefficient (Wildman–Crippen LogP) is 1.51. The Bertz CT molecular complexity index is 564. The van der Waals surface area contributed by atoms with Gasteiger partial charge in [-0.3, -0.25) is 9.48 Å². The molecule has 8 heteroatoms. The van der Waals surface area contributed by atoms with Crippen LogP contribution in [0.1, 0.15) is 5.69 Å². The quantitative estimate of drug-likeness (QED) is 0.626. The van der Waals surface area contributed by atoms with E-state index in [1.807, 2.05) is 20.0 Å². The van der Waals surface area contributed by atoms with Crippen LogP contribution in [0.3, 0.4) is 0 Å². The molecule has 2 aromatic rings. The smallest absolute Gasteiger partial charge is 0.316 e. The monoisotopic (exact) mass is 284 g/mol. The lowest BCUT2D eigenvalue weighted by Crippen LogP contribution is -2.02. The van der Waals surface area contributed by atoms with Crippen LogP contribution >= 0.6 is 23.1 Å². The van der Waals surface area contributed by atoms with Crippen LogP contribution in [0.15, 0.2) is 10.4 Å². The second-order valence-electron chi connectivity index (χ2n) is 3.53. The first-order valence-electron chi connectivity index (χ1n) is 5.14. The van der Waals surface area contributed by atoms with Crippen molar-refractivity contribution >= 4 is 29.1 Å². The molecule has 0 aliphatic carbocycles. The number of methoxy groups -OCH3 is 1. The zero-order chi connectivity index (χ0) is 13.1. The summed E-state index contributed by atoms with van der Waals surface area (Å²) in [5.41, 5.74) is 1.86. The summed E-state index contributed by atoms with van der Waals surface area (Å²) in [5.74, 6) is -0.0247. The number of thioether (sulfide) groups is 1. The van der Waals surface area contributed by atoms with E-state index in [2.05, 4.69) is 20.0 Å². The van der Waals surface area contributed by atoms with Gasteiger partial charge in [-0.25, -0.2) is 0 Å². The zero-order valence-corrected chi connectivity index (χ0v) is 11.8. The molecule has 0 aliphatic rings. The molecule has 0 N–H and O–H groups in total. The van der Waals surface area contributed by atoms with Gasteiger partial charge >= 0.3 is 5.97 Å². The average molecular weight is 284 g/mol. The third-order valence-corrected chi connectivity index (χ3v) is 4.22. The van der Waals surface area contributed by atoms with Crippen LogP contribution in [-0.2, 0) is 16.6 Å². The summed E-state index contributed by atoms with van der Waals surface area (Å²) in [6.45, 7) is 1.93. The van der Waals surface area contributed by atoms with Crippen LogP contribution in [-0.4, -0.2) is 38.8 Å². The van der Waals surface area contributed by atoms with Gasteiger partial charge in [0, 0.05) is 7.05 Å². The van der Waals surface area contributed by atoms with E-state index in [-0.39, 0.29) is 11.7 Å². The van der Waals surface area contributed by atoms with E-state index in [1.165, 1.54) is 30.2 Å². The summed E-state index contributed by atoms with van der Waals surface area (Å²) in [6, 6.07) is 1.95. The molecule has 0 unspecified atom stereocenters. The first-order chi connectivity index (χ1) is 8.60. The minimum absolute atomic E-state index is 0.246. The highest BCUT2D eigenvalue weighted by atomic mass is 32.2. The number of rotatable bonds is 4. The summed E-state index contributed by atoms with van der Waals surface area (Å²) in [7, 11) is 3.23. The Hall–Kier alpha value is -1.41. The molecule has 0 bridgehead atoms. The maximum atomic E-state index is 11.0. The fraction of sp³-hybridized carbons (Fsp3) is 0.400. The maximum Gasteiger partial charge on any atom is 0.316 e. The zero-order valence-electron chi connectivity index (χ0n) is 10.2. The molecule has 2 rings (SSSR count). The number of carbonyl (C=O) groups excluding carboxylic acids is 1. The molecule has 96 valence electrons. The summed E-state index contributed by atoms with van der Waals surface area (Å²) >= 11 is 2.76. The molecule has 2 aromatic heterocycles.